The van der Waals surface area contributed by atoms with E-state index in [9.17, 15) is 9.59 Å². The van der Waals surface area contributed by atoms with Crippen LogP contribution in [0.2, 0.25) is 0 Å². The second kappa shape index (κ2) is 9.66. The smallest absolute Gasteiger partial charge is 0.312 e. The lowest BCUT2D eigenvalue weighted by Crippen LogP contribution is -2.54. The summed E-state index contributed by atoms with van der Waals surface area (Å²) < 4.78 is 13.2. The molecule has 4 aliphatic rings. The third-order valence-electron chi connectivity index (χ3n) is 8.95. The topological polar surface area (TPSA) is 73.7 Å². The van der Waals surface area contributed by atoms with Gasteiger partial charge in [0.25, 0.3) is 5.56 Å². The fourth-order valence-electron chi connectivity index (χ4n) is 7.66. The molecule has 7 nitrogen and oxygen atoms in total. The zero-order valence-corrected chi connectivity index (χ0v) is 20.7. The molecule has 188 valence electrons. The number of benzene rings is 1. The SMILES string of the molecule is CCOC(=O)Cc1nc2ccccc2n([C@@H]2C[C@@H]3COC[C@H]2N3C2CC3CCCCC(C3)C2)c1=O. The molecule has 2 aliphatic heterocycles. The first-order valence-electron chi connectivity index (χ1n) is 13.6. The number of rotatable bonds is 5. The molecule has 0 spiro atoms. The Bertz CT molecular complexity index is 1130. The third-order valence-corrected chi connectivity index (χ3v) is 8.95. The molecule has 0 N–H and O–H groups in total. The summed E-state index contributed by atoms with van der Waals surface area (Å²) in [5.74, 6) is 1.30. The minimum atomic E-state index is -0.404. The molecule has 0 radical (unpaired) electrons. The van der Waals surface area contributed by atoms with Gasteiger partial charge in [-0.15, -0.1) is 0 Å². The van der Waals surface area contributed by atoms with Gasteiger partial charge in [-0.05, 0) is 56.6 Å². The fraction of sp³-hybridized carbons (Fsp3) is 0.679. The largest absolute Gasteiger partial charge is 0.466 e. The molecule has 7 heteroatoms. The summed E-state index contributed by atoms with van der Waals surface area (Å²) in [4.78, 5) is 33.4. The Morgan fingerprint density at radius 3 is 2.57 bits per heavy atom. The Kier molecular flexibility index (Phi) is 6.39. The summed E-state index contributed by atoms with van der Waals surface area (Å²) in [6.45, 7) is 3.47. The third kappa shape index (κ3) is 4.31. The number of aromatic nitrogens is 2. The van der Waals surface area contributed by atoms with E-state index >= 15 is 0 Å². The minimum absolute atomic E-state index is 0.0211. The van der Waals surface area contributed by atoms with Gasteiger partial charge in [0.05, 0.1) is 49.4 Å². The molecule has 1 aromatic carbocycles. The highest BCUT2D eigenvalue weighted by molar-refractivity contribution is 5.77. The second-order valence-corrected chi connectivity index (χ2v) is 11.1. The lowest BCUT2D eigenvalue weighted by Gasteiger charge is -2.46. The molecule has 2 unspecified atom stereocenters. The number of esters is 1. The van der Waals surface area contributed by atoms with Crippen molar-refractivity contribution in [3.8, 4) is 0 Å². The maximum atomic E-state index is 13.8. The van der Waals surface area contributed by atoms with Crippen molar-refractivity contribution < 1.29 is 14.3 Å². The van der Waals surface area contributed by atoms with Crippen LogP contribution in [0.5, 0.6) is 0 Å². The van der Waals surface area contributed by atoms with Crippen LogP contribution in [0.1, 0.15) is 70.0 Å². The van der Waals surface area contributed by atoms with Crippen LogP contribution in [0.25, 0.3) is 11.0 Å². The maximum absolute atomic E-state index is 13.8. The van der Waals surface area contributed by atoms with Crippen molar-refractivity contribution in [3.05, 3.63) is 40.3 Å². The zero-order valence-electron chi connectivity index (χ0n) is 20.7. The van der Waals surface area contributed by atoms with Crippen LogP contribution in [0.15, 0.2) is 29.1 Å². The Morgan fingerprint density at radius 1 is 1.03 bits per heavy atom. The van der Waals surface area contributed by atoms with Gasteiger partial charge in [-0.25, -0.2) is 4.98 Å². The molecule has 4 bridgehead atoms. The van der Waals surface area contributed by atoms with Gasteiger partial charge in [-0.1, -0.05) is 37.8 Å². The number of nitrogens with zero attached hydrogens (tertiary/aromatic N) is 3. The first-order valence-corrected chi connectivity index (χ1v) is 13.6. The predicted molar refractivity (Wildman–Crippen MR) is 133 cm³/mol. The van der Waals surface area contributed by atoms with Gasteiger partial charge in [-0.3, -0.25) is 14.5 Å². The van der Waals surface area contributed by atoms with Crippen molar-refractivity contribution in [2.45, 2.75) is 88.9 Å². The summed E-state index contributed by atoms with van der Waals surface area (Å²) in [6, 6.07) is 8.95. The number of carbonyl (C=O) groups excluding carboxylic acids is 1. The van der Waals surface area contributed by atoms with Crippen LogP contribution in [0.3, 0.4) is 0 Å². The highest BCUT2D eigenvalue weighted by atomic mass is 16.5. The van der Waals surface area contributed by atoms with Gasteiger partial charge in [0.15, 0.2) is 0 Å². The molecule has 2 aliphatic carbocycles. The lowest BCUT2D eigenvalue weighted by atomic mass is 9.77. The number of ether oxygens (including phenoxy) is 2. The molecule has 2 saturated heterocycles. The molecule has 2 aromatic rings. The van der Waals surface area contributed by atoms with Crippen LogP contribution in [0, 0.1) is 11.8 Å². The summed E-state index contributed by atoms with van der Waals surface area (Å²) in [6.07, 6.45) is 10.3. The molecule has 5 atom stereocenters. The average Bonchev–Trinajstić information content (AvgIpc) is 2.96. The molecule has 6 rings (SSSR count). The van der Waals surface area contributed by atoms with E-state index in [-0.39, 0.29) is 29.8 Å². The van der Waals surface area contributed by atoms with E-state index in [4.69, 9.17) is 9.47 Å². The van der Waals surface area contributed by atoms with E-state index in [2.05, 4.69) is 9.88 Å². The maximum Gasteiger partial charge on any atom is 0.312 e. The Morgan fingerprint density at radius 2 is 1.80 bits per heavy atom. The van der Waals surface area contributed by atoms with E-state index in [1.54, 1.807) is 6.92 Å². The lowest BCUT2D eigenvalue weighted by molar-refractivity contribution is -0.142. The number of morpholine rings is 1. The normalized spacial score (nSPS) is 32.9. The second-order valence-electron chi connectivity index (χ2n) is 11.1. The quantitative estimate of drug-likeness (QED) is 0.606. The van der Waals surface area contributed by atoms with Crippen LogP contribution < -0.4 is 5.56 Å². The standard InChI is InChI=1S/C28H37N3O4/c1-2-35-27(32)15-23-28(33)31(24-10-6-5-9-22(24)29-23)25-14-21-16-34-17-26(25)30(21)20-12-18-7-3-4-8-19(11-18)13-20/h5-6,9-10,18-21,25-26H,2-4,7-8,11-17H2,1H3/t18?,19?,20?,21-,25-,26-/m1/s1. The average molecular weight is 480 g/mol. The molecule has 2 saturated carbocycles. The van der Waals surface area contributed by atoms with E-state index in [1.165, 1.54) is 44.9 Å². The highest BCUT2D eigenvalue weighted by Crippen LogP contribution is 2.46. The number of fused-ring (bicyclic) bond motifs is 5. The van der Waals surface area contributed by atoms with Crippen molar-refractivity contribution in [2.75, 3.05) is 19.8 Å². The summed E-state index contributed by atoms with van der Waals surface area (Å²) >= 11 is 0. The van der Waals surface area contributed by atoms with Crippen molar-refractivity contribution in [2.24, 2.45) is 11.8 Å². The van der Waals surface area contributed by atoms with E-state index < -0.39 is 5.97 Å². The van der Waals surface area contributed by atoms with Crippen molar-refractivity contribution in [1.29, 1.82) is 0 Å². The van der Waals surface area contributed by atoms with Gasteiger partial charge in [-0.2, -0.15) is 0 Å². The predicted octanol–water partition coefficient (Wildman–Crippen LogP) is 3.88. The molecule has 3 heterocycles. The molecule has 1 aromatic heterocycles. The van der Waals surface area contributed by atoms with Crippen LogP contribution >= 0.6 is 0 Å². The van der Waals surface area contributed by atoms with Gasteiger partial charge >= 0.3 is 5.97 Å². The number of hydrogen-bond donors (Lipinski definition) is 0. The monoisotopic (exact) mass is 479 g/mol. The van der Waals surface area contributed by atoms with E-state index in [1.807, 2.05) is 28.8 Å². The molecule has 35 heavy (non-hydrogen) atoms. The first-order chi connectivity index (χ1) is 17.1. The Labute approximate surface area is 206 Å². The molecule has 4 fully saturated rings. The van der Waals surface area contributed by atoms with Crippen LogP contribution in [-0.4, -0.2) is 58.4 Å². The van der Waals surface area contributed by atoms with E-state index in [0.29, 0.717) is 25.3 Å². The molecule has 0 amide bonds. The number of carbonyl (C=O) groups is 1. The van der Waals surface area contributed by atoms with Crippen molar-refractivity contribution >= 4 is 17.0 Å². The number of hydrogen-bond acceptors (Lipinski definition) is 6. The van der Waals surface area contributed by atoms with Crippen molar-refractivity contribution in [1.82, 2.24) is 14.5 Å². The van der Waals surface area contributed by atoms with Crippen molar-refractivity contribution in [3.63, 3.8) is 0 Å². The zero-order chi connectivity index (χ0) is 23.9. The molecular formula is C28H37N3O4. The van der Waals surface area contributed by atoms with Gasteiger partial charge in [0, 0.05) is 12.1 Å². The minimum Gasteiger partial charge on any atom is -0.466 e. The highest BCUT2D eigenvalue weighted by Gasteiger charge is 2.50. The summed E-state index contributed by atoms with van der Waals surface area (Å²) in [5, 5.41) is 0. The summed E-state index contributed by atoms with van der Waals surface area (Å²) in [5.41, 5.74) is 1.72. The summed E-state index contributed by atoms with van der Waals surface area (Å²) in [7, 11) is 0. The van der Waals surface area contributed by atoms with Gasteiger partial charge < -0.3 is 14.0 Å². The van der Waals surface area contributed by atoms with E-state index in [0.717, 1.165) is 35.9 Å². The molecular weight excluding hydrogens is 442 g/mol. The van der Waals surface area contributed by atoms with Gasteiger partial charge in [0.1, 0.15) is 5.69 Å². The fourth-order valence-corrected chi connectivity index (χ4v) is 7.66. The Balaban J connectivity index is 1.37. The van der Waals surface area contributed by atoms with Crippen LogP contribution in [0.4, 0.5) is 0 Å². The first kappa shape index (κ1) is 23.2. The van der Waals surface area contributed by atoms with Gasteiger partial charge in [0.2, 0.25) is 0 Å². The van der Waals surface area contributed by atoms with Crippen LogP contribution in [-0.2, 0) is 20.7 Å². The number of para-hydroxylation sites is 2. The Hall–Kier alpha value is -2.25.